The van der Waals surface area contributed by atoms with Crippen LogP contribution in [-0.4, -0.2) is 96.9 Å². The van der Waals surface area contributed by atoms with Gasteiger partial charge in [0, 0.05) is 54.2 Å². The van der Waals surface area contributed by atoms with Gasteiger partial charge >= 0.3 is 0 Å². The second-order valence-corrected chi connectivity index (χ2v) is 18.8. The fraction of sp³-hybridized carbons (Fsp3) is 0.442. The van der Waals surface area contributed by atoms with E-state index >= 15 is 0 Å². The molecule has 5 heterocycles. The van der Waals surface area contributed by atoms with Gasteiger partial charge in [0.05, 0.1) is 30.6 Å². The molecule has 5 atom stereocenters. The van der Waals surface area contributed by atoms with Crippen molar-refractivity contribution in [3.05, 3.63) is 66.1 Å². The van der Waals surface area contributed by atoms with E-state index in [2.05, 4.69) is 26.0 Å². The van der Waals surface area contributed by atoms with Crippen LogP contribution in [0.2, 0.25) is 0 Å². The highest BCUT2D eigenvalue weighted by molar-refractivity contribution is 7.90. The fourth-order valence-corrected chi connectivity index (χ4v) is 10.3. The average Bonchev–Trinajstić information content (AvgIpc) is 3.60. The molecule has 4 aromatic rings. The molecule has 5 N–H and O–H groups in total. The van der Waals surface area contributed by atoms with Gasteiger partial charge in [-0.05, 0) is 70.2 Å². The summed E-state index contributed by atoms with van der Waals surface area (Å²) in [6.07, 6.45) is 7.18. The summed E-state index contributed by atoms with van der Waals surface area (Å²) in [7, 11) is -2.80. The van der Waals surface area contributed by atoms with Gasteiger partial charge in [0.1, 0.15) is 45.8 Å². The molecule has 2 saturated heterocycles. The number of amides is 4. The third-order valence-corrected chi connectivity index (χ3v) is 13.7. The van der Waals surface area contributed by atoms with Gasteiger partial charge in [-0.3, -0.25) is 19.2 Å². The predicted octanol–water partition coefficient (Wildman–Crippen LogP) is 4.74. The highest BCUT2D eigenvalue weighted by Gasteiger charge is 2.62. The number of ether oxygens (including phenoxy) is 2. The molecule has 0 spiro atoms. The van der Waals surface area contributed by atoms with Crippen LogP contribution in [0, 0.1) is 5.92 Å². The highest BCUT2D eigenvalue weighted by atomic mass is 32.2. The van der Waals surface area contributed by atoms with E-state index in [0.29, 0.717) is 46.0 Å². The number of hydrogen-bond donors (Lipinski definition) is 5. The first-order valence-corrected chi connectivity index (χ1v) is 23.1. The first-order valence-electron chi connectivity index (χ1n) is 20.7. The zero-order chi connectivity index (χ0) is 42.9. The number of carbonyl (C=O) groups excluding carboxylic acids is 4. The molecule has 3 fully saturated rings. The quantitative estimate of drug-likeness (QED) is 0.145. The van der Waals surface area contributed by atoms with E-state index in [1.54, 1.807) is 43.5 Å². The van der Waals surface area contributed by atoms with Crippen molar-refractivity contribution in [2.45, 2.75) is 99.9 Å². The van der Waals surface area contributed by atoms with Crippen molar-refractivity contribution in [1.82, 2.24) is 30.2 Å². The van der Waals surface area contributed by atoms with Gasteiger partial charge in [-0.15, -0.1) is 11.3 Å². The van der Waals surface area contributed by atoms with E-state index in [1.807, 2.05) is 37.4 Å². The lowest BCUT2D eigenvalue weighted by Gasteiger charge is -2.28. The minimum atomic E-state index is -4.36. The van der Waals surface area contributed by atoms with Crippen molar-refractivity contribution in [2.75, 3.05) is 30.8 Å². The number of rotatable bonds is 9. The molecule has 0 unspecified atom stereocenters. The number of aromatic nitrogens is 2. The number of benzene rings is 2. The maximum absolute atomic E-state index is 14.6. The zero-order valence-corrected chi connectivity index (χ0v) is 35.9. The van der Waals surface area contributed by atoms with Crippen LogP contribution >= 0.6 is 11.3 Å². The number of nitrogens with zero attached hydrogens (tertiary/aromatic N) is 3. The number of allylic oxidation sites excluding steroid dienone is 1. The normalized spacial score (nSPS) is 25.5. The number of methoxy groups -OCH3 is 1. The Balaban J connectivity index is 1.10. The molecule has 1 saturated carbocycles. The minimum Gasteiger partial charge on any atom is -0.497 e. The third kappa shape index (κ3) is 9.00. The lowest BCUT2D eigenvalue weighted by atomic mass is 10.1. The van der Waals surface area contributed by atoms with Gasteiger partial charge in [-0.25, -0.2) is 23.1 Å². The Bertz CT molecular complexity index is 2490. The Morgan fingerprint density at radius 1 is 1.05 bits per heavy atom. The summed E-state index contributed by atoms with van der Waals surface area (Å²) >= 11 is 1.45. The number of fused-ring (bicyclic) bond motifs is 3. The molecule has 61 heavy (non-hydrogen) atoms. The van der Waals surface area contributed by atoms with Crippen molar-refractivity contribution in [2.24, 2.45) is 5.92 Å². The van der Waals surface area contributed by atoms with Crippen molar-refractivity contribution < 1.29 is 37.1 Å². The first kappa shape index (κ1) is 42.0. The number of sulfonamides is 1. The van der Waals surface area contributed by atoms with Gasteiger partial charge in [0.2, 0.25) is 17.7 Å². The minimum absolute atomic E-state index is 0.00154. The summed E-state index contributed by atoms with van der Waals surface area (Å²) in [6, 6.07) is 11.8. The number of para-hydroxylation sites is 1. The summed E-state index contributed by atoms with van der Waals surface area (Å²) < 4.78 is 42.0. The predicted molar refractivity (Wildman–Crippen MR) is 231 cm³/mol. The van der Waals surface area contributed by atoms with Crippen LogP contribution in [0.25, 0.3) is 22.3 Å². The van der Waals surface area contributed by atoms with E-state index in [0.717, 1.165) is 30.8 Å². The van der Waals surface area contributed by atoms with Crippen LogP contribution in [0.15, 0.2) is 71.0 Å². The topological polar surface area (TPSA) is 210 Å². The SMILES string of the molecule is COc1ccc2c(O[C@@H]3C[C@@H](C(=O)N[C@]45C[C@H]4/C=C\CCCCCNc4ccccc4S(=O)(=O)NC5=O)N(C(=O)[C@@H]4CCC(=O)N4)C3)cc(-c3csc(NC(C)C)n3)nc2c1. The molecule has 0 radical (unpaired) electrons. The van der Waals surface area contributed by atoms with E-state index < -0.39 is 57.4 Å². The summed E-state index contributed by atoms with van der Waals surface area (Å²) in [5, 5.41) is 15.5. The Kier molecular flexibility index (Phi) is 11.9. The standard InChI is InChI=1S/C43H50N8O8S2/c1-25(2)45-42-48-34(24-60-42)33-21-36(29-15-14-27(58-3)19-32(29)46-33)59-28-20-35(51(23-28)40(54)31-16-17-38(52)47-31)39(53)49-43-22-26(43)11-7-5-4-6-10-18-44-30-12-8-9-13-37(30)61(56,57)50-41(43)55/h7-9,11-15,19,21,24-26,28,31,35,44H,4-6,10,16-18,20,22-23H2,1-3H3,(H,45,48)(H,47,52)(H,49,53)(H,50,55)/b11-7-/t26-,28-,31+,35+,43-/m1/s1. The van der Waals surface area contributed by atoms with Crippen LogP contribution in [0.4, 0.5) is 10.8 Å². The third-order valence-electron chi connectivity index (χ3n) is 11.5. The Labute approximate surface area is 358 Å². The summed E-state index contributed by atoms with van der Waals surface area (Å²) in [6.45, 7) is 4.62. The van der Waals surface area contributed by atoms with Gasteiger partial charge in [-0.2, -0.15) is 0 Å². The molecule has 18 heteroatoms. The molecule has 4 amide bonds. The van der Waals surface area contributed by atoms with E-state index in [-0.39, 0.29) is 49.1 Å². The molecule has 2 aromatic carbocycles. The highest BCUT2D eigenvalue weighted by Crippen LogP contribution is 2.46. The molecule has 1 aliphatic carbocycles. The van der Waals surface area contributed by atoms with E-state index in [4.69, 9.17) is 19.4 Å². The second-order valence-electron chi connectivity index (χ2n) is 16.3. The van der Waals surface area contributed by atoms with Crippen LogP contribution in [0.1, 0.15) is 65.2 Å². The molecule has 8 rings (SSSR count). The van der Waals surface area contributed by atoms with E-state index in [1.165, 1.54) is 22.3 Å². The van der Waals surface area contributed by atoms with Crippen LogP contribution in [0.3, 0.4) is 0 Å². The van der Waals surface area contributed by atoms with Crippen molar-refractivity contribution >= 4 is 66.7 Å². The van der Waals surface area contributed by atoms with E-state index in [9.17, 15) is 27.6 Å². The van der Waals surface area contributed by atoms with Crippen molar-refractivity contribution in [1.29, 1.82) is 0 Å². The van der Waals surface area contributed by atoms with Crippen LogP contribution in [0.5, 0.6) is 11.5 Å². The largest absolute Gasteiger partial charge is 0.497 e. The molecule has 0 bridgehead atoms. The number of pyridine rings is 1. The van der Waals surface area contributed by atoms with Crippen LogP contribution < -0.4 is 35.5 Å². The monoisotopic (exact) mass is 870 g/mol. The summed E-state index contributed by atoms with van der Waals surface area (Å²) in [5.74, 6) is -1.65. The molecule has 4 aliphatic rings. The lowest BCUT2D eigenvalue weighted by molar-refractivity contribution is -0.141. The number of hydrogen-bond acceptors (Lipinski definition) is 13. The van der Waals surface area contributed by atoms with Crippen molar-refractivity contribution in [3.63, 3.8) is 0 Å². The maximum atomic E-state index is 14.6. The summed E-state index contributed by atoms with van der Waals surface area (Å²) in [4.78, 5) is 66.2. The van der Waals surface area contributed by atoms with Gasteiger partial charge < -0.3 is 35.6 Å². The van der Waals surface area contributed by atoms with Gasteiger partial charge in [0.15, 0.2) is 5.13 Å². The molecular weight excluding hydrogens is 821 g/mol. The number of anilines is 2. The zero-order valence-electron chi connectivity index (χ0n) is 34.2. The number of thiazole rings is 1. The Morgan fingerprint density at radius 3 is 2.67 bits per heavy atom. The Hall–Kier alpha value is -5.75. The number of likely N-dealkylation sites (tertiary alicyclic amines) is 1. The van der Waals surface area contributed by atoms with Crippen molar-refractivity contribution in [3.8, 4) is 22.9 Å². The molecular formula is C43H50N8O8S2. The number of carbonyl (C=O) groups is 4. The number of nitrogens with one attached hydrogen (secondary N) is 5. The van der Waals surface area contributed by atoms with Gasteiger partial charge in [-0.1, -0.05) is 30.7 Å². The first-order chi connectivity index (χ1) is 29.3. The fourth-order valence-electron chi connectivity index (χ4n) is 8.24. The summed E-state index contributed by atoms with van der Waals surface area (Å²) in [5.41, 5.74) is 0.548. The smallest absolute Gasteiger partial charge is 0.266 e. The molecule has 322 valence electrons. The molecule has 3 aliphatic heterocycles. The Morgan fingerprint density at radius 2 is 1.89 bits per heavy atom. The molecule has 2 aromatic heterocycles. The average molecular weight is 871 g/mol. The maximum Gasteiger partial charge on any atom is 0.266 e. The van der Waals surface area contributed by atoms with Gasteiger partial charge in [0.25, 0.3) is 15.9 Å². The molecule has 16 nitrogen and oxygen atoms in total. The lowest BCUT2D eigenvalue weighted by Crippen LogP contribution is -2.57. The second kappa shape index (κ2) is 17.3. The van der Waals surface area contributed by atoms with Crippen LogP contribution in [-0.2, 0) is 29.2 Å².